The van der Waals surface area contributed by atoms with Gasteiger partial charge >= 0.3 is 0 Å². The molecule has 0 radical (unpaired) electrons. The molecule has 1 aromatic rings. The third kappa shape index (κ3) is 2.33. The number of carbonyl (C=O) groups is 1. The van der Waals surface area contributed by atoms with Crippen molar-refractivity contribution in [3.8, 4) is 0 Å². The number of aryl methyl sites for hydroxylation is 1. The fourth-order valence-corrected chi connectivity index (χ4v) is 2.24. The second kappa shape index (κ2) is 4.85. The first kappa shape index (κ1) is 12.1. The number of rotatable bonds is 3. The van der Waals surface area contributed by atoms with Crippen LogP contribution in [0.4, 0.5) is 5.69 Å². The predicted octanol–water partition coefficient (Wildman–Crippen LogP) is 0.815. The Bertz CT molecular complexity index is 431. The standard InChI is InChI=1S/C13H19N3O/c1-15-8-11(14)9-3-5-12-10(7-9)4-6-13(17)16(12)2/h3,5,7,11,15H,4,6,8,14H2,1-2H3. The Kier molecular flexibility index (Phi) is 3.45. The van der Waals surface area contributed by atoms with Crippen molar-refractivity contribution in [3.05, 3.63) is 29.3 Å². The highest BCUT2D eigenvalue weighted by atomic mass is 16.2. The number of hydrogen-bond acceptors (Lipinski definition) is 3. The fraction of sp³-hybridized carbons (Fsp3) is 0.462. The SMILES string of the molecule is CNCC(N)c1ccc2c(c1)CCC(=O)N2C. The summed E-state index contributed by atoms with van der Waals surface area (Å²) in [7, 11) is 3.72. The topological polar surface area (TPSA) is 58.4 Å². The van der Waals surface area contributed by atoms with Gasteiger partial charge in [-0.25, -0.2) is 0 Å². The molecule has 1 amide bonds. The lowest BCUT2D eigenvalue weighted by Crippen LogP contribution is -2.31. The molecular weight excluding hydrogens is 214 g/mol. The van der Waals surface area contributed by atoms with Crippen molar-refractivity contribution in [1.82, 2.24) is 5.32 Å². The Hall–Kier alpha value is -1.39. The first-order valence-electron chi connectivity index (χ1n) is 5.93. The summed E-state index contributed by atoms with van der Waals surface area (Å²) in [6.45, 7) is 0.757. The van der Waals surface area contributed by atoms with Crippen molar-refractivity contribution in [2.45, 2.75) is 18.9 Å². The van der Waals surface area contributed by atoms with Crippen LogP contribution in [0.25, 0.3) is 0 Å². The Labute approximate surface area is 102 Å². The van der Waals surface area contributed by atoms with E-state index >= 15 is 0 Å². The number of hydrogen-bond donors (Lipinski definition) is 2. The number of nitrogens with zero attached hydrogens (tertiary/aromatic N) is 1. The van der Waals surface area contributed by atoms with Gasteiger partial charge in [0.25, 0.3) is 0 Å². The molecule has 1 heterocycles. The van der Waals surface area contributed by atoms with Crippen LogP contribution in [0.15, 0.2) is 18.2 Å². The maximum atomic E-state index is 11.6. The molecule has 2 rings (SSSR count). The first-order chi connectivity index (χ1) is 8.13. The monoisotopic (exact) mass is 233 g/mol. The molecule has 0 bridgehead atoms. The number of likely N-dealkylation sites (N-methyl/N-ethyl adjacent to an activating group) is 1. The minimum absolute atomic E-state index is 0.00762. The Morgan fingerprint density at radius 1 is 1.47 bits per heavy atom. The maximum absolute atomic E-state index is 11.6. The van der Waals surface area contributed by atoms with Crippen molar-refractivity contribution < 1.29 is 4.79 Å². The molecule has 1 atom stereocenters. The van der Waals surface area contributed by atoms with Crippen molar-refractivity contribution in [2.75, 3.05) is 25.5 Å². The van der Waals surface area contributed by atoms with Crippen LogP contribution >= 0.6 is 0 Å². The zero-order valence-electron chi connectivity index (χ0n) is 10.4. The largest absolute Gasteiger partial charge is 0.323 e. The molecule has 0 aliphatic carbocycles. The lowest BCUT2D eigenvalue weighted by molar-refractivity contribution is -0.118. The average Bonchev–Trinajstić information content (AvgIpc) is 2.34. The van der Waals surface area contributed by atoms with Gasteiger partial charge in [0.15, 0.2) is 0 Å². The van der Waals surface area contributed by atoms with Crippen molar-refractivity contribution in [3.63, 3.8) is 0 Å². The number of nitrogens with one attached hydrogen (secondary N) is 1. The molecule has 0 aromatic heterocycles. The normalized spacial score (nSPS) is 16.9. The molecule has 0 fully saturated rings. The van der Waals surface area contributed by atoms with Gasteiger partial charge in [-0.05, 0) is 30.7 Å². The van der Waals surface area contributed by atoms with Crippen molar-refractivity contribution in [1.29, 1.82) is 0 Å². The highest BCUT2D eigenvalue weighted by molar-refractivity contribution is 5.95. The van der Waals surface area contributed by atoms with E-state index in [1.54, 1.807) is 4.90 Å². The van der Waals surface area contributed by atoms with Crippen LogP contribution in [0.3, 0.4) is 0 Å². The van der Waals surface area contributed by atoms with Gasteiger partial charge in [-0.3, -0.25) is 4.79 Å². The van der Waals surface area contributed by atoms with E-state index in [2.05, 4.69) is 11.4 Å². The molecule has 1 unspecified atom stereocenters. The van der Waals surface area contributed by atoms with Crippen LogP contribution < -0.4 is 16.0 Å². The summed E-state index contributed by atoms with van der Waals surface area (Å²) in [6.07, 6.45) is 1.41. The highest BCUT2D eigenvalue weighted by Crippen LogP contribution is 2.28. The average molecular weight is 233 g/mol. The Morgan fingerprint density at radius 2 is 2.24 bits per heavy atom. The van der Waals surface area contributed by atoms with Gasteiger partial charge in [-0.15, -0.1) is 0 Å². The maximum Gasteiger partial charge on any atom is 0.227 e. The van der Waals surface area contributed by atoms with Gasteiger partial charge in [0.2, 0.25) is 5.91 Å². The van der Waals surface area contributed by atoms with E-state index in [-0.39, 0.29) is 11.9 Å². The van der Waals surface area contributed by atoms with Crippen LogP contribution in [0.1, 0.15) is 23.6 Å². The molecule has 4 heteroatoms. The molecule has 1 aromatic carbocycles. The summed E-state index contributed by atoms with van der Waals surface area (Å²) in [5, 5.41) is 3.07. The van der Waals surface area contributed by atoms with Crippen LogP contribution in [0.2, 0.25) is 0 Å². The molecule has 0 spiro atoms. The molecule has 1 aliphatic heterocycles. The smallest absolute Gasteiger partial charge is 0.227 e. The van der Waals surface area contributed by atoms with E-state index in [0.29, 0.717) is 6.42 Å². The van der Waals surface area contributed by atoms with Crippen LogP contribution in [0, 0.1) is 0 Å². The Balaban J connectivity index is 2.29. The number of carbonyl (C=O) groups excluding carboxylic acids is 1. The number of fused-ring (bicyclic) bond motifs is 1. The summed E-state index contributed by atoms with van der Waals surface area (Å²) < 4.78 is 0. The zero-order chi connectivity index (χ0) is 12.4. The van der Waals surface area contributed by atoms with Crippen molar-refractivity contribution >= 4 is 11.6 Å². The van der Waals surface area contributed by atoms with Gasteiger partial charge in [-0.2, -0.15) is 0 Å². The summed E-state index contributed by atoms with van der Waals surface area (Å²) in [6, 6.07) is 6.14. The van der Waals surface area contributed by atoms with Gasteiger partial charge in [0, 0.05) is 31.7 Å². The van der Waals surface area contributed by atoms with Crippen LogP contribution in [-0.2, 0) is 11.2 Å². The number of anilines is 1. The molecule has 1 aliphatic rings. The predicted molar refractivity (Wildman–Crippen MR) is 69.0 cm³/mol. The van der Waals surface area contributed by atoms with E-state index in [9.17, 15) is 4.79 Å². The van der Waals surface area contributed by atoms with E-state index < -0.39 is 0 Å². The lowest BCUT2D eigenvalue weighted by atomic mass is 9.96. The second-order valence-electron chi connectivity index (χ2n) is 4.51. The molecule has 0 saturated carbocycles. The van der Waals surface area contributed by atoms with Gasteiger partial charge in [0.1, 0.15) is 0 Å². The molecule has 3 N–H and O–H groups in total. The highest BCUT2D eigenvalue weighted by Gasteiger charge is 2.21. The summed E-state index contributed by atoms with van der Waals surface area (Å²) >= 11 is 0. The van der Waals surface area contributed by atoms with E-state index in [1.165, 1.54) is 5.56 Å². The quantitative estimate of drug-likeness (QED) is 0.812. The van der Waals surface area contributed by atoms with Crippen molar-refractivity contribution in [2.24, 2.45) is 5.73 Å². The fourth-order valence-electron chi connectivity index (χ4n) is 2.24. The lowest BCUT2D eigenvalue weighted by Gasteiger charge is -2.26. The van der Waals surface area contributed by atoms with Gasteiger partial charge in [-0.1, -0.05) is 12.1 Å². The summed E-state index contributed by atoms with van der Waals surface area (Å²) in [5.74, 6) is 0.185. The third-order valence-electron chi connectivity index (χ3n) is 3.30. The molecule has 92 valence electrons. The van der Waals surface area contributed by atoms with E-state index in [0.717, 1.165) is 24.2 Å². The zero-order valence-corrected chi connectivity index (χ0v) is 10.4. The molecular formula is C13H19N3O. The molecule has 4 nitrogen and oxygen atoms in total. The Morgan fingerprint density at radius 3 is 2.94 bits per heavy atom. The van der Waals surface area contributed by atoms with Crippen LogP contribution in [0.5, 0.6) is 0 Å². The van der Waals surface area contributed by atoms with Gasteiger partial charge in [0.05, 0.1) is 0 Å². The molecule has 0 saturated heterocycles. The third-order valence-corrected chi connectivity index (χ3v) is 3.30. The summed E-state index contributed by atoms with van der Waals surface area (Å²) in [5.41, 5.74) is 9.42. The van der Waals surface area contributed by atoms with E-state index in [4.69, 9.17) is 5.73 Å². The number of nitrogens with two attached hydrogens (primary N) is 1. The first-order valence-corrected chi connectivity index (χ1v) is 5.93. The minimum atomic E-state index is 0.00762. The number of benzene rings is 1. The number of amides is 1. The van der Waals surface area contributed by atoms with Gasteiger partial charge < -0.3 is 16.0 Å². The summed E-state index contributed by atoms with van der Waals surface area (Å²) in [4.78, 5) is 13.3. The minimum Gasteiger partial charge on any atom is -0.323 e. The van der Waals surface area contributed by atoms with Crippen LogP contribution in [-0.4, -0.2) is 26.5 Å². The molecule has 17 heavy (non-hydrogen) atoms. The second-order valence-corrected chi connectivity index (χ2v) is 4.51. The van der Waals surface area contributed by atoms with E-state index in [1.807, 2.05) is 26.2 Å².